The number of hydrogen-bond donors (Lipinski definition) is 1. The number of aryl methyl sites for hydroxylation is 1. The molecule has 0 spiro atoms. The Morgan fingerprint density at radius 1 is 1.29 bits per heavy atom. The molecule has 1 N–H and O–H groups in total. The Hall–Kier alpha value is -1.35. The number of rotatable bonds is 2. The van der Waals surface area contributed by atoms with Crippen LogP contribution in [0.5, 0.6) is 0 Å². The normalized spacial score (nSPS) is 12.3. The van der Waals surface area contributed by atoms with E-state index >= 15 is 0 Å². The van der Waals surface area contributed by atoms with Gasteiger partial charge in [0.2, 0.25) is 0 Å². The van der Waals surface area contributed by atoms with Gasteiger partial charge in [0, 0.05) is 23.0 Å². The molecular weight excluding hydrogens is 217 g/mol. The number of nitrogens with one attached hydrogen (secondary N) is 1. The SMILES string of the molecule is Cc1ccc2c(CNC(C)(C)C)coc2c1F. The van der Waals surface area contributed by atoms with Gasteiger partial charge in [-0.15, -0.1) is 0 Å². The van der Waals surface area contributed by atoms with Crippen molar-refractivity contribution in [1.29, 1.82) is 0 Å². The first-order chi connectivity index (χ1) is 7.88. The molecule has 0 unspecified atom stereocenters. The molecule has 2 aromatic rings. The molecule has 2 rings (SSSR count). The average molecular weight is 235 g/mol. The highest BCUT2D eigenvalue weighted by Gasteiger charge is 2.14. The first-order valence-electron chi connectivity index (χ1n) is 5.79. The van der Waals surface area contributed by atoms with Crippen LogP contribution in [-0.2, 0) is 6.54 Å². The minimum atomic E-state index is -0.260. The molecule has 1 aromatic carbocycles. The van der Waals surface area contributed by atoms with Crippen LogP contribution in [0, 0.1) is 12.7 Å². The smallest absolute Gasteiger partial charge is 0.170 e. The third kappa shape index (κ3) is 2.50. The summed E-state index contributed by atoms with van der Waals surface area (Å²) in [5.74, 6) is -0.260. The molecule has 1 aromatic heterocycles. The summed E-state index contributed by atoms with van der Waals surface area (Å²) in [6.07, 6.45) is 1.63. The van der Waals surface area contributed by atoms with Gasteiger partial charge in [-0.2, -0.15) is 0 Å². The number of furan rings is 1. The third-order valence-corrected chi connectivity index (χ3v) is 2.76. The number of fused-ring (bicyclic) bond motifs is 1. The van der Waals surface area contributed by atoms with Crippen molar-refractivity contribution in [2.45, 2.75) is 39.8 Å². The van der Waals surface area contributed by atoms with Crippen molar-refractivity contribution in [3.8, 4) is 0 Å². The van der Waals surface area contributed by atoms with E-state index in [2.05, 4.69) is 26.1 Å². The summed E-state index contributed by atoms with van der Waals surface area (Å²) in [6.45, 7) is 8.71. The van der Waals surface area contributed by atoms with Crippen molar-refractivity contribution < 1.29 is 8.81 Å². The molecule has 17 heavy (non-hydrogen) atoms. The lowest BCUT2D eigenvalue weighted by Gasteiger charge is -2.19. The number of benzene rings is 1. The maximum atomic E-state index is 13.8. The van der Waals surface area contributed by atoms with Gasteiger partial charge >= 0.3 is 0 Å². The zero-order chi connectivity index (χ0) is 12.6. The van der Waals surface area contributed by atoms with E-state index in [1.54, 1.807) is 19.3 Å². The largest absolute Gasteiger partial charge is 0.461 e. The van der Waals surface area contributed by atoms with E-state index < -0.39 is 0 Å². The lowest BCUT2D eigenvalue weighted by Crippen LogP contribution is -2.34. The van der Waals surface area contributed by atoms with Gasteiger partial charge in [0.15, 0.2) is 11.4 Å². The van der Waals surface area contributed by atoms with E-state index in [0.29, 0.717) is 17.7 Å². The maximum Gasteiger partial charge on any atom is 0.170 e. The summed E-state index contributed by atoms with van der Waals surface area (Å²) in [7, 11) is 0. The fourth-order valence-corrected chi connectivity index (χ4v) is 1.71. The second kappa shape index (κ2) is 4.15. The molecule has 0 saturated carbocycles. The molecule has 0 saturated heterocycles. The van der Waals surface area contributed by atoms with Crippen molar-refractivity contribution in [2.24, 2.45) is 0 Å². The quantitative estimate of drug-likeness (QED) is 0.857. The molecule has 3 heteroatoms. The van der Waals surface area contributed by atoms with Crippen LogP contribution in [0.3, 0.4) is 0 Å². The van der Waals surface area contributed by atoms with Crippen LogP contribution in [0.25, 0.3) is 11.0 Å². The highest BCUT2D eigenvalue weighted by Crippen LogP contribution is 2.26. The highest BCUT2D eigenvalue weighted by molar-refractivity contribution is 5.82. The summed E-state index contributed by atoms with van der Waals surface area (Å²) in [4.78, 5) is 0. The lowest BCUT2D eigenvalue weighted by molar-refractivity contribution is 0.423. The van der Waals surface area contributed by atoms with Crippen LogP contribution in [0.4, 0.5) is 4.39 Å². The molecule has 0 radical (unpaired) electrons. The Morgan fingerprint density at radius 3 is 2.65 bits per heavy atom. The predicted octanol–water partition coefficient (Wildman–Crippen LogP) is 3.77. The van der Waals surface area contributed by atoms with E-state index in [0.717, 1.165) is 10.9 Å². The van der Waals surface area contributed by atoms with Gasteiger partial charge in [0.25, 0.3) is 0 Å². The Labute approximate surface area is 101 Å². The molecule has 0 aliphatic heterocycles. The van der Waals surface area contributed by atoms with Crippen LogP contribution in [0.2, 0.25) is 0 Å². The zero-order valence-corrected chi connectivity index (χ0v) is 10.7. The molecule has 0 amide bonds. The fourth-order valence-electron chi connectivity index (χ4n) is 1.71. The van der Waals surface area contributed by atoms with Gasteiger partial charge in [0.1, 0.15) is 0 Å². The van der Waals surface area contributed by atoms with Gasteiger partial charge in [-0.3, -0.25) is 0 Å². The van der Waals surface area contributed by atoms with Gasteiger partial charge in [-0.1, -0.05) is 12.1 Å². The Kier molecular flexibility index (Phi) is 2.96. The van der Waals surface area contributed by atoms with Crippen LogP contribution < -0.4 is 5.32 Å². The van der Waals surface area contributed by atoms with Crippen molar-refractivity contribution in [3.63, 3.8) is 0 Å². The summed E-state index contributed by atoms with van der Waals surface area (Å²) in [5, 5.41) is 4.22. The van der Waals surface area contributed by atoms with E-state index in [1.807, 2.05) is 6.07 Å². The molecule has 1 heterocycles. The number of halogens is 1. The molecule has 0 fully saturated rings. The molecule has 2 nitrogen and oxygen atoms in total. The van der Waals surface area contributed by atoms with Crippen LogP contribution in [0.1, 0.15) is 31.9 Å². The van der Waals surface area contributed by atoms with Gasteiger partial charge < -0.3 is 9.73 Å². The molecule has 0 atom stereocenters. The second-order valence-corrected chi connectivity index (χ2v) is 5.44. The van der Waals surface area contributed by atoms with Crippen LogP contribution in [0.15, 0.2) is 22.8 Å². The van der Waals surface area contributed by atoms with Crippen molar-refractivity contribution in [2.75, 3.05) is 0 Å². The van der Waals surface area contributed by atoms with Gasteiger partial charge in [-0.05, 0) is 33.3 Å². The number of hydrogen-bond acceptors (Lipinski definition) is 2. The topological polar surface area (TPSA) is 25.2 Å². The van der Waals surface area contributed by atoms with Crippen molar-refractivity contribution in [3.05, 3.63) is 35.3 Å². The van der Waals surface area contributed by atoms with E-state index in [9.17, 15) is 4.39 Å². The summed E-state index contributed by atoms with van der Waals surface area (Å²) in [6, 6.07) is 3.70. The Balaban J connectivity index is 2.34. The van der Waals surface area contributed by atoms with E-state index in [4.69, 9.17) is 4.42 Å². The summed E-state index contributed by atoms with van der Waals surface area (Å²) < 4.78 is 19.1. The predicted molar refractivity (Wildman–Crippen MR) is 67.5 cm³/mol. The van der Waals surface area contributed by atoms with Crippen molar-refractivity contribution in [1.82, 2.24) is 5.32 Å². The molecule has 92 valence electrons. The average Bonchev–Trinajstić information content (AvgIpc) is 2.63. The molecule has 0 aliphatic rings. The van der Waals surface area contributed by atoms with Gasteiger partial charge in [-0.25, -0.2) is 4.39 Å². The minimum absolute atomic E-state index is 0.0346. The van der Waals surface area contributed by atoms with Crippen molar-refractivity contribution >= 4 is 11.0 Å². The Bertz CT molecular complexity index is 537. The van der Waals surface area contributed by atoms with E-state index in [1.165, 1.54) is 0 Å². The van der Waals surface area contributed by atoms with Gasteiger partial charge in [0.05, 0.1) is 6.26 Å². The highest BCUT2D eigenvalue weighted by atomic mass is 19.1. The standard InChI is InChI=1S/C14H18FNO/c1-9-5-6-11-10(7-16-14(2,3)4)8-17-13(11)12(9)15/h5-6,8,16H,7H2,1-4H3. The summed E-state index contributed by atoms with van der Waals surface area (Å²) >= 11 is 0. The van der Waals surface area contributed by atoms with E-state index in [-0.39, 0.29) is 11.4 Å². The minimum Gasteiger partial charge on any atom is -0.461 e. The first-order valence-corrected chi connectivity index (χ1v) is 5.79. The maximum absolute atomic E-state index is 13.8. The first kappa shape index (κ1) is 12.1. The fraction of sp³-hybridized carbons (Fsp3) is 0.429. The summed E-state index contributed by atoms with van der Waals surface area (Å²) in [5.41, 5.74) is 2.00. The molecule has 0 bridgehead atoms. The lowest BCUT2D eigenvalue weighted by atomic mass is 10.1. The monoisotopic (exact) mass is 235 g/mol. The second-order valence-electron chi connectivity index (χ2n) is 5.44. The zero-order valence-electron chi connectivity index (χ0n) is 10.7. The Morgan fingerprint density at radius 2 is 2.00 bits per heavy atom. The third-order valence-electron chi connectivity index (χ3n) is 2.76. The van der Waals surface area contributed by atoms with Crippen LogP contribution in [-0.4, -0.2) is 5.54 Å². The molecule has 0 aliphatic carbocycles. The van der Waals surface area contributed by atoms with Crippen LogP contribution >= 0.6 is 0 Å². The molecular formula is C14H18FNO.